The third kappa shape index (κ3) is 4.50. The minimum atomic E-state index is -4.36. The van der Waals surface area contributed by atoms with Crippen LogP contribution in [-0.4, -0.2) is 33.3 Å². The van der Waals surface area contributed by atoms with E-state index in [-0.39, 0.29) is 21.9 Å². The van der Waals surface area contributed by atoms with Crippen LogP contribution in [-0.2, 0) is 14.4 Å². The van der Waals surface area contributed by atoms with Crippen LogP contribution in [0.2, 0.25) is 0 Å². The van der Waals surface area contributed by atoms with E-state index in [9.17, 15) is 23.8 Å². The van der Waals surface area contributed by atoms with E-state index in [1.54, 1.807) is 6.07 Å². The van der Waals surface area contributed by atoms with Crippen molar-refractivity contribution in [1.82, 2.24) is 0 Å². The Labute approximate surface area is 154 Å². The van der Waals surface area contributed by atoms with Crippen LogP contribution in [0.3, 0.4) is 0 Å². The Hall–Kier alpha value is -3.65. The molecule has 27 heavy (non-hydrogen) atoms. The second-order valence-corrected chi connectivity index (χ2v) is 6.43. The quantitative estimate of drug-likeness (QED) is 0.397. The van der Waals surface area contributed by atoms with Crippen LogP contribution >= 0.6 is 0 Å². The van der Waals surface area contributed by atoms with Crippen LogP contribution < -0.4 is 9.47 Å². The van der Waals surface area contributed by atoms with Crippen LogP contribution in [0.4, 0.5) is 5.69 Å². The molecule has 11 heteroatoms. The third-order valence-electron chi connectivity index (χ3n) is 3.33. The molecule has 2 rings (SSSR count). The molecule has 0 bridgehead atoms. The highest BCUT2D eigenvalue weighted by atomic mass is 32.2. The van der Waals surface area contributed by atoms with Crippen molar-refractivity contribution in [1.29, 1.82) is 5.26 Å². The largest absolute Gasteiger partial charge is 0.493 e. The number of hydrogen-bond acceptors (Lipinski definition) is 9. The molecule has 0 unspecified atom stereocenters. The molecule has 0 aliphatic rings. The zero-order chi connectivity index (χ0) is 20.0. The molecule has 0 atom stereocenters. The van der Waals surface area contributed by atoms with E-state index in [0.29, 0.717) is 11.5 Å². The molecular formula is C16H13N3O7S. The summed E-state index contributed by atoms with van der Waals surface area (Å²) in [5.74, 6) is 0.731. The highest BCUT2D eigenvalue weighted by molar-refractivity contribution is 7.86. The van der Waals surface area contributed by atoms with Crippen molar-refractivity contribution in [3.8, 4) is 17.6 Å². The molecule has 0 saturated carbocycles. The highest BCUT2D eigenvalue weighted by Crippen LogP contribution is 2.28. The second kappa shape index (κ2) is 8.15. The molecular weight excluding hydrogens is 378 g/mol. The van der Waals surface area contributed by atoms with Gasteiger partial charge in [-0.1, -0.05) is 5.16 Å². The van der Waals surface area contributed by atoms with Gasteiger partial charge in [-0.3, -0.25) is 14.4 Å². The van der Waals surface area contributed by atoms with Crippen LogP contribution in [0.25, 0.3) is 0 Å². The summed E-state index contributed by atoms with van der Waals surface area (Å²) < 4.78 is 39.0. The second-order valence-electron chi connectivity index (χ2n) is 4.90. The van der Waals surface area contributed by atoms with Crippen LogP contribution in [0.1, 0.15) is 5.56 Å². The van der Waals surface area contributed by atoms with Crippen LogP contribution in [0.15, 0.2) is 52.5 Å². The van der Waals surface area contributed by atoms with E-state index in [4.69, 9.17) is 9.47 Å². The number of rotatable bonds is 7. The third-order valence-corrected chi connectivity index (χ3v) is 4.45. The summed E-state index contributed by atoms with van der Waals surface area (Å²) in [5.41, 5.74) is -0.351. The van der Waals surface area contributed by atoms with Gasteiger partial charge in [0.1, 0.15) is 11.0 Å². The summed E-state index contributed by atoms with van der Waals surface area (Å²) in [6, 6.07) is 10.2. The average molecular weight is 391 g/mol. The van der Waals surface area contributed by atoms with Gasteiger partial charge in [0.05, 0.1) is 19.1 Å². The fraction of sp³-hybridized carbons (Fsp3) is 0.125. The normalized spacial score (nSPS) is 11.4. The number of nitro groups is 1. The smallest absolute Gasteiger partial charge is 0.358 e. The summed E-state index contributed by atoms with van der Waals surface area (Å²) in [5, 5.41) is 23.2. The number of non-ortho nitro benzene ring substituents is 1. The van der Waals surface area contributed by atoms with Gasteiger partial charge in [-0.15, -0.1) is 0 Å². The number of methoxy groups -OCH3 is 2. The zero-order valence-corrected chi connectivity index (χ0v) is 15.0. The lowest BCUT2D eigenvalue weighted by atomic mass is 10.1. The number of benzene rings is 2. The van der Waals surface area contributed by atoms with E-state index < -0.39 is 15.0 Å². The lowest BCUT2D eigenvalue weighted by Crippen LogP contribution is -2.06. The van der Waals surface area contributed by atoms with Gasteiger partial charge >= 0.3 is 10.1 Å². The minimum absolute atomic E-state index is 0.244. The zero-order valence-electron chi connectivity index (χ0n) is 14.1. The van der Waals surface area contributed by atoms with Crippen molar-refractivity contribution in [3.63, 3.8) is 0 Å². The van der Waals surface area contributed by atoms with Crippen molar-refractivity contribution in [2.24, 2.45) is 5.16 Å². The Bertz CT molecular complexity index is 1020. The monoisotopic (exact) mass is 391 g/mol. The Balaban J connectivity index is 2.30. The van der Waals surface area contributed by atoms with Gasteiger partial charge in [-0.2, -0.15) is 13.7 Å². The summed E-state index contributed by atoms with van der Waals surface area (Å²) >= 11 is 0. The van der Waals surface area contributed by atoms with Crippen molar-refractivity contribution in [2.45, 2.75) is 4.90 Å². The maximum Gasteiger partial charge on any atom is 0.358 e. The minimum Gasteiger partial charge on any atom is -0.493 e. The summed E-state index contributed by atoms with van der Waals surface area (Å²) in [6.07, 6.45) is 0. The van der Waals surface area contributed by atoms with E-state index in [1.165, 1.54) is 32.4 Å². The standard InChI is InChI=1S/C16H13N3O7S/c1-24-15-8-3-11(9-16(15)25-2)14(10-17)18-26-27(22,23)13-6-4-12(5-7-13)19(20)21/h3-9H,1-2H3. The Kier molecular flexibility index (Phi) is 5.94. The highest BCUT2D eigenvalue weighted by Gasteiger charge is 2.19. The van der Waals surface area contributed by atoms with Gasteiger partial charge in [-0.05, 0) is 30.3 Å². The van der Waals surface area contributed by atoms with Crippen LogP contribution in [0.5, 0.6) is 11.5 Å². The maximum absolute atomic E-state index is 12.1. The van der Waals surface area contributed by atoms with Crippen molar-refractivity contribution in [2.75, 3.05) is 14.2 Å². The van der Waals surface area contributed by atoms with E-state index in [2.05, 4.69) is 9.44 Å². The number of nitrogens with zero attached hydrogens (tertiary/aromatic N) is 3. The number of nitro benzene ring substituents is 1. The van der Waals surface area contributed by atoms with Gasteiger partial charge in [0, 0.05) is 17.7 Å². The first-order valence-corrected chi connectivity index (χ1v) is 8.62. The van der Waals surface area contributed by atoms with Crippen molar-refractivity contribution >= 4 is 21.5 Å². The molecule has 0 aliphatic carbocycles. The van der Waals surface area contributed by atoms with Gasteiger partial charge in [0.2, 0.25) is 0 Å². The SMILES string of the molecule is COc1ccc(C(C#N)=NOS(=O)(=O)c2ccc([N+](=O)[O-])cc2)cc1OC. The molecule has 0 N–H and O–H groups in total. The first-order chi connectivity index (χ1) is 12.8. The summed E-state index contributed by atoms with van der Waals surface area (Å²) in [7, 11) is -1.52. The first kappa shape index (κ1) is 19.7. The van der Waals surface area contributed by atoms with Crippen LogP contribution in [0, 0.1) is 21.4 Å². The predicted octanol–water partition coefficient (Wildman–Crippen LogP) is 2.25. The molecule has 2 aromatic rings. The molecule has 0 fully saturated rings. The molecule has 0 radical (unpaired) electrons. The Morgan fingerprint density at radius 2 is 1.74 bits per heavy atom. The lowest BCUT2D eigenvalue weighted by molar-refractivity contribution is -0.384. The predicted molar refractivity (Wildman–Crippen MR) is 93.1 cm³/mol. The fourth-order valence-electron chi connectivity index (χ4n) is 1.99. The van der Waals surface area contributed by atoms with Gasteiger partial charge in [0.25, 0.3) is 5.69 Å². The first-order valence-electron chi connectivity index (χ1n) is 7.21. The van der Waals surface area contributed by atoms with E-state index >= 15 is 0 Å². The molecule has 0 spiro atoms. The number of hydrogen-bond donors (Lipinski definition) is 0. The molecule has 2 aromatic carbocycles. The topological polar surface area (TPSA) is 141 Å². The maximum atomic E-state index is 12.1. The molecule has 0 saturated heterocycles. The Morgan fingerprint density at radius 1 is 1.11 bits per heavy atom. The Morgan fingerprint density at radius 3 is 2.26 bits per heavy atom. The van der Waals surface area contributed by atoms with Gasteiger partial charge in [-0.25, -0.2) is 0 Å². The number of oxime groups is 1. The van der Waals surface area contributed by atoms with Gasteiger partial charge < -0.3 is 9.47 Å². The number of ether oxygens (including phenoxy) is 2. The lowest BCUT2D eigenvalue weighted by Gasteiger charge is -2.08. The molecule has 0 aromatic heterocycles. The van der Waals surface area contributed by atoms with Gasteiger partial charge in [0.15, 0.2) is 17.2 Å². The van der Waals surface area contributed by atoms with E-state index in [1.807, 2.05) is 0 Å². The number of nitriles is 1. The summed E-state index contributed by atoms with van der Waals surface area (Å²) in [4.78, 5) is 9.61. The molecule has 10 nitrogen and oxygen atoms in total. The average Bonchev–Trinajstić information content (AvgIpc) is 2.68. The molecule has 0 heterocycles. The summed E-state index contributed by atoms with van der Waals surface area (Å²) in [6.45, 7) is 0. The fourth-order valence-corrected chi connectivity index (χ4v) is 2.71. The molecule has 0 amide bonds. The molecule has 140 valence electrons. The van der Waals surface area contributed by atoms with Crippen molar-refractivity contribution in [3.05, 3.63) is 58.1 Å². The molecule has 0 aliphatic heterocycles. The van der Waals surface area contributed by atoms with Crippen molar-refractivity contribution < 1.29 is 27.1 Å². The van der Waals surface area contributed by atoms with E-state index in [0.717, 1.165) is 24.3 Å².